The van der Waals surface area contributed by atoms with Gasteiger partial charge in [-0.3, -0.25) is 4.79 Å². The number of hydrogen-bond donors (Lipinski definition) is 0. The maximum atomic E-state index is 13.1. The van der Waals surface area contributed by atoms with E-state index in [1.54, 1.807) is 13.8 Å². The first kappa shape index (κ1) is 12.2. The molecule has 0 aromatic heterocycles. The molecule has 4 heteroatoms. The number of halogens is 2. The first-order chi connectivity index (χ1) is 7.00. The molecule has 0 heterocycles. The molecule has 0 amide bonds. The number of rotatable bonds is 4. The van der Waals surface area contributed by atoms with Gasteiger partial charge in [0.2, 0.25) is 0 Å². The van der Waals surface area contributed by atoms with E-state index >= 15 is 0 Å². The van der Waals surface area contributed by atoms with Crippen LogP contribution >= 0.6 is 11.8 Å². The van der Waals surface area contributed by atoms with E-state index in [0.29, 0.717) is 0 Å². The van der Waals surface area contributed by atoms with Crippen molar-refractivity contribution in [3.05, 3.63) is 29.8 Å². The van der Waals surface area contributed by atoms with Crippen molar-refractivity contribution in [2.45, 2.75) is 18.7 Å². The van der Waals surface area contributed by atoms with Crippen LogP contribution in [0.4, 0.5) is 8.78 Å². The van der Waals surface area contributed by atoms with Crippen molar-refractivity contribution < 1.29 is 13.6 Å². The molecular weight excluding hydrogens is 218 g/mol. The number of carbonyl (C=O) groups excluding carboxylic acids is 1. The second-order valence-electron chi connectivity index (χ2n) is 3.48. The number of Topliss-reactive ketones (excluding diaryl/α,β-unsaturated/α-hetero) is 1. The summed E-state index contributed by atoms with van der Waals surface area (Å²) in [5.74, 6) is -0.843. The summed E-state index contributed by atoms with van der Waals surface area (Å²) in [6.45, 7) is 3.57. The Hall–Kier alpha value is -0.900. The molecule has 1 aromatic rings. The standard InChI is InChI=1S/C11H12F2OS/c1-7(2)10(14)6-15-11-5-8(12)3-4-9(11)13/h3-5,7H,6H2,1-2H3. The average molecular weight is 230 g/mol. The van der Waals surface area contributed by atoms with Crippen LogP contribution < -0.4 is 0 Å². The average Bonchev–Trinajstić information content (AvgIpc) is 2.18. The first-order valence-corrected chi connectivity index (χ1v) is 5.60. The second kappa shape index (κ2) is 5.26. The van der Waals surface area contributed by atoms with Crippen LogP contribution in [0.2, 0.25) is 0 Å². The molecule has 0 bridgehead atoms. The number of hydrogen-bond acceptors (Lipinski definition) is 2. The van der Waals surface area contributed by atoms with Crippen molar-refractivity contribution in [1.29, 1.82) is 0 Å². The second-order valence-corrected chi connectivity index (χ2v) is 4.50. The molecular formula is C11H12F2OS. The van der Waals surface area contributed by atoms with Crippen molar-refractivity contribution in [2.24, 2.45) is 5.92 Å². The van der Waals surface area contributed by atoms with Crippen molar-refractivity contribution in [1.82, 2.24) is 0 Å². The van der Waals surface area contributed by atoms with E-state index in [2.05, 4.69) is 0 Å². The normalized spacial score (nSPS) is 10.7. The van der Waals surface area contributed by atoms with Crippen LogP contribution in [0.3, 0.4) is 0 Å². The molecule has 1 nitrogen and oxygen atoms in total. The lowest BCUT2D eigenvalue weighted by molar-refractivity contribution is -0.119. The fraction of sp³-hybridized carbons (Fsp3) is 0.364. The van der Waals surface area contributed by atoms with Gasteiger partial charge in [0.1, 0.15) is 17.4 Å². The highest BCUT2D eigenvalue weighted by Gasteiger charge is 2.10. The molecule has 0 saturated heterocycles. The lowest BCUT2D eigenvalue weighted by atomic mass is 10.1. The van der Waals surface area contributed by atoms with E-state index in [0.717, 1.165) is 30.0 Å². The Labute approximate surface area is 91.9 Å². The highest BCUT2D eigenvalue weighted by atomic mass is 32.2. The molecule has 82 valence electrons. The highest BCUT2D eigenvalue weighted by Crippen LogP contribution is 2.23. The number of carbonyl (C=O) groups is 1. The predicted octanol–water partition coefficient (Wildman–Crippen LogP) is 3.28. The minimum absolute atomic E-state index is 0.0312. The van der Waals surface area contributed by atoms with E-state index in [-0.39, 0.29) is 22.3 Å². The maximum Gasteiger partial charge on any atom is 0.145 e. The zero-order valence-corrected chi connectivity index (χ0v) is 9.41. The Morgan fingerprint density at radius 2 is 2.07 bits per heavy atom. The summed E-state index contributed by atoms with van der Waals surface area (Å²) >= 11 is 1.03. The zero-order valence-electron chi connectivity index (χ0n) is 8.59. The van der Waals surface area contributed by atoms with Crippen LogP contribution in [0.15, 0.2) is 23.1 Å². The van der Waals surface area contributed by atoms with Gasteiger partial charge in [0.25, 0.3) is 0 Å². The van der Waals surface area contributed by atoms with E-state index in [1.165, 1.54) is 0 Å². The fourth-order valence-corrected chi connectivity index (χ4v) is 1.94. The van der Waals surface area contributed by atoms with Gasteiger partial charge in [0.05, 0.1) is 5.75 Å². The topological polar surface area (TPSA) is 17.1 Å². The quantitative estimate of drug-likeness (QED) is 0.738. The SMILES string of the molecule is CC(C)C(=O)CSc1cc(F)ccc1F. The Kier molecular flexibility index (Phi) is 4.27. The lowest BCUT2D eigenvalue weighted by Crippen LogP contribution is -2.09. The van der Waals surface area contributed by atoms with Gasteiger partial charge in [-0.25, -0.2) is 8.78 Å². The molecule has 1 aromatic carbocycles. The van der Waals surface area contributed by atoms with Crippen LogP contribution in [-0.2, 0) is 4.79 Å². The number of ketones is 1. The van der Waals surface area contributed by atoms with E-state index in [1.807, 2.05) is 0 Å². The summed E-state index contributed by atoms with van der Waals surface area (Å²) in [7, 11) is 0. The highest BCUT2D eigenvalue weighted by molar-refractivity contribution is 8.00. The largest absolute Gasteiger partial charge is 0.298 e. The van der Waals surface area contributed by atoms with Crippen molar-refractivity contribution in [3.8, 4) is 0 Å². The molecule has 0 unspecified atom stereocenters. The minimum atomic E-state index is -0.490. The molecule has 0 fully saturated rings. The van der Waals surface area contributed by atoms with Crippen molar-refractivity contribution in [3.63, 3.8) is 0 Å². The van der Waals surface area contributed by atoms with Crippen molar-refractivity contribution >= 4 is 17.5 Å². The summed E-state index contributed by atoms with van der Waals surface area (Å²) in [6.07, 6.45) is 0. The Morgan fingerprint density at radius 3 is 2.67 bits per heavy atom. The maximum absolute atomic E-state index is 13.1. The third kappa shape index (κ3) is 3.63. The van der Waals surface area contributed by atoms with Gasteiger partial charge in [0, 0.05) is 10.8 Å². The van der Waals surface area contributed by atoms with Crippen LogP contribution in [0.1, 0.15) is 13.8 Å². The summed E-state index contributed by atoms with van der Waals surface area (Å²) in [5.41, 5.74) is 0. The molecule has 0 aliphatic heterocycles. The van der Waals surface area contributed by atoms with Crippen molar-refractivity contribution in [2.75, 3.05) is 5.75 Å². The van der Waals surface area contributed by atoms with Crippen LogP contribution in [0.25, 0.3) is 0 Å². The smallest absolute Gasteiger partial charge is 0.145 e. The van der Waals surface area contributed by atoms with Gasteiger partial charge in [0.15, 0.2) is 0 Å². The van der Waals surface area contributed by atoms with Gasteiger partial charge in [-0.05, 0) is 18.2 Å². The third-order valence-electron chi connectivity index (χ3n) is 1.91. The molecule has 0 aliphatic carbocycles. The van der Waals surface area contributed by atoms with Crippen LogP contribution in [0.5, 0.6) is 0 Å². The Balaban J connectivity index is 2.65. The van der Waals surface area contributed by atoms with Gasteiger partial charge in [-0.1, -0.05) is 13.8 Å². The van der Waals surface area contributed by atoms with Gasteiger partial charge >= 0.3 is 0 Å². The van der Waals surface area contributed by atoms with Gasteiger partial charge in [-0.2, -0.15) is 0 Å². The van der Waals surface area contributed by atoms with Crippen LogP contribution in [0, 0.1) is 17.6 Å². The Morgan fingerprint density at radius 1 is 1.40 bits per heavy atom. The summed E-state index contributed by atoms with van der Waals surface area (Å²) in [5, 5.41) is 0. The molecule has 0 radical (unpaired) electrons. The monoisotopic (exact) mass is 230 g/mol. The van der Waals surface area contributed by atoms with E-state index < -0.39 is 11.6 Å². The fourth-order valence-electron chi connectivity index (χ4n) is 0.903. The molecule has 0 N–H and O–H groups in total. The molecule has 0 atom stereocenters. The summed E-state index contributed by atoms with van der Waals surface area (Å²) in [6, 6.07) is 3.23. The van der Waals surface area contributed by atoms with E-state index in [4.69, 9.17) is 0 Å². The Bertz CT molecular complexity index is 364. The van der Waals surface area contributed by atoms with Gasteiger partial charge < -0.3 is 0 Å². The molecule has 0 spiro atoms. The third-order valence-corrected chi connectivity index (χ3v) is 2.96. The molecule has 0 aliphatic rings. The predicted molar refractivity (Wildman–Crippen MR) is 56.9 cm³/mol. The first-order valence-electron chi connectivity index (χ1n) is 4.61. The number of benzene rings is 1. The summed E-state index contributed by atoms with van der Waals surface area (Å²) in [4.78, 5) is 11.5. The van der Waals surface area contributed by atoms with E-state index in [9.17, 15) is 13.6 Å². The number of thioether (sulfide) groups is 1. The molecule has 15 heavy (non-hydrogen) atoms. The minimum Gasteiger partial charge on any atom is -0.298 e. The van der Waals surface area contributed by atoms with Crippen LogP contribution in [-0.4, -0.2) is 11.5 Å². The molecule has 1 rings (SSSR count). The summed E-state index contributed by atoms with van der Waals surface area (Å²) < 4.78 is 25.9. The molecule has 0 saturated carbocycles. The lowest BCUT2D eigenvalue weighted by Gasteiger charge is -2.04. The zero-order chi connectivity index (χ0) is 11.4. The van der Waals surface area contributed by atoms with Gasteiger partial charge in [-0.15, -0.1) is 11.8 Å².